The van der Waals surface area contributed by atoms with Crippen LogP contribution in [0.2, 0.25) is 0 Å². The molecule has 92 valence electrons. The van der Waals surface area contributed by atoms with Gasteiger partial charge in [0.2, 0.25) is 0 Å². The molecule has 0 spiro atoms. The zero-order valence-electron chi connectivity index (χ0n) is 10.5. The molecule has 2 rings (SSSR count). The molecule has 1 N–H and O–H groups in total. The van der Waals surface area contributed by atoms with Crippen LogP contribution >= 0.6 is 0 Å². The summed E-state index contributed by atoms with van der Waals surface area (Å²) in [6.45, 7) is 6.46. The minimum atomic E-state index is 0. The van der Waals surface area contributed by atoms with Crippen molar-refractivity contribution in [2.45, 2.75) is 45.6 Å². The second-order valence-electron chi connectivity index (χ2n) is 5.01. The number of ether oxygens (including phenoxy) is 1. The smallest absolute Gasteiger partial charge is 0.115 e. The Balaban J connectivity index is 0.00000144. The Bertz CT molecular complexity index is 293. The molecule has 2 heteroatoms. The zero-order valence-corrected chi connectivity index (χ0v) is 10.5. The van der Waals surface area contributed by atoms with Crippen LogP contribution in [0.5, 0.6) is 0 Å². The third-order valence-corrected chi connectivity index (χ3v) is 3.45. The summed E-state index contributed by atoms with van der Waals surface area (Å²) in [7, 11) is 0. The maximum absolute atomic E-state index is 5.89. The molecular weight excluding hydrogens is 198 g/mol. The number of hydrogen-bond donors (Lipinski definition) is 1. The minimum absolute atomic E-state index is 0. The Labute approximate surface area is 100 Å². The third kappa shape index (κ3) is 3.11. The first kappa shape index (κ1) is 11.7. The lowest BCUT2D eigenvalue weighted by molar-refractivity contribution is 0.193. The number of rotatable bonds is 4. The van der Waals surface area contributed by atoms with E-state index in [0.29, 0.717) is 12.0 Å². The highest BCUT2D eigenvalue weighted by atomic mass is 16.5. The topological polar surface area (TPSA) is 21.3 Å². The van der Waals surface area contributed by atoms with Gasteiger partial charge in [0, 0.05) is 7.47 Å². The van der Waals surface area contributed by atoms with Gasteiger partial charge in [0.15, 0.2) is 0 Å². The van der Waals surface area contributed by atoms with E-state index >= 15 is 0 Å². The van der Waals surface area contributed by atoms with Gasteiger partial charge in [0.1, 0.15) is 12.4 Å². The molecule has 0 aromatic rings. The predicted octanol–water partition coefficient (Wildman–Crippen LogP) is 3.26. The molecule has 0 aromatic heterocycles. The average molecular weight is 223 g/mol. The van der Waals surface area contributed by atoms with Crippen LogP contribution in [0, 0.1) is 5.92 Å². The maximum atomic E-state index is 5.89. The Morgan fingerprint density at radius 1 is 1.56 bits per heavy atom. The summed E-state index contributed by atoms with van der Waals surface area (Å²) < 4.78 is 5.89. The molecule has 0 saturated carbocycles. The molecule has 1 saturated heterocycles. The van der Waals surface area contributed by atoms with Crippen LogP contribution in [0.25, 0.3) is 0 Å². The Morgan fingerprint density at radius 3 is 3.12 bits per heavy atom. The van der Waals surface area contributed by atoms with Crippen molar-refractivity contribution < 1.29 is 6.16 Å². The molecule has 1 aliphatic carbocycles. The molecule has 2 nitrogen and oxygen atoms in total. The van der Waals surface area contributed by atoms with E-state index in [1.165, 1.54) is 24.8 Å². The van der Waals surface area contributed by atoms with Crippen molar-refractivity contribution in [1.29, 1.82) is 0 Å². The molecule has 2 aliphatic rings. The largest absolute Gasteiger partial charge is 0.492 e. The Hall–Kier alpha value is -0.760. The molecule has 0 radical (unpaired) electrons. The van der Waals surface area contributed by atoms with Gasteiger partial charge in [-0.05, 0) is 50.3 Å². The van der Waals surface area contributed by atoms with Crippen molar-refractivity contribution in [2.75, 3.05) is 13.2 Å². The average Bonchev–Trinajstić information content (AvgIpc) is 2.78. The van der Waals surface area contributed by atoms with Crippen molar-refractivity contribution in [3.8, 4) is 0 Å². The summed E-state index contributed by atoms with van der Waals surface area (Å²) in [6, 6.07) is 0.566. The van der Waals surface area contributed by atoms with Crippen LogP contribution in [0.3, 0.4) is 0 Å². The first-order valence-corrected chi connectivity index (χ1v) is 6.55. The molecule has 0 aromatic carbocycles. The lowest BCUT2D eigenvalue weighted by Crippen LogP contribution is -2.26. The molecule has 1 unspecified atom stereocenters. The van der Waals surface area contributed by atoms with Gasteiger partial charge in [0.05, 0.1) is 0 Å². The first-order chi connectivity index (χ1) is 7.78. The lowest BCUT2D eigenvalue weighted by atomic mass is 9.93. The normalized spacial score (nSPS) is 29.9. The second-order valence-corrected chi connectivity index (χ2v) is 5.01. The van der Waals surface area contributed by atoms with E-state index in [9.17, 15) is 0 Å². The highest BCUT2D eigenvalue weighted by Crippen LogP contribution is 2.25. The third-order valence-electron chi connectivity index (χ3n) is 3.45. The van der Waals surface area contributed by atoms with Crippen molar-refractivity contribution in [2.24, 2.45) is 5.92 Å². The van der Waals surface area contributed by atoms with Crippen molar-refractivity contribution >= 4 is 0 Å². The van der Waals surface area contributed by atoms with Gasteiger partial charge >= 0.3 is 0 Å². The summed E-state index contributed by atoms with van der Waals surface area (Å²) in [5.74, 6) is 1.72. The Morgan fingerprint density at radius 2 is 2.44 bits per heavy atom. The van der Waals surface area contributed by atoms with Crippen molar-refractivity contribution in [3.63, 3.8) is 0 Å². The van der Waals surface area contributed by atoms with E-state index in [0.717, 1.165) is 25.3 Å². The van der Waals surface area contributed by atoms with Gasteiger partial charge in [-0.15, -0.1) is 0 Å². The fourth-order valence-electron chi connectivity index (χ4n) is 2.49. The molecule has 0 bridgehead atoms. The monoisotopic (exact) mass is 223 g/mol. The standard InChI is InChI=1S/C14H23NO.H2/c1-3-12-7-11(2)8-14(9-12)16-10-13-5-4-6-15-13;/h8-9,11,13,15H,3-7,10H2,1-2H3;1H/t11?,13-;/m1./s1. The summed E-state index contributed by atoms with van der Waals surface area (Å²) in [5, 5.41) is 3.46. The number of allylic oxidation sites excluding steroid dienone is 3. The van der Waals surface area contributed by atoms with Crippen molar-refractivity contribution in [3.05, 3.63) is 23.5 Å². The van der Waals surface area contributed by atoms with E-state index < -0.39 is 0 Å². The van der Waals surface area contributed by atoms with E-state index in [-0.39, 0.29) is 1.43 Å². The van der Waals surface area contributed by atoms with Gasteiger partial charge < -0.3 is 10.1 Å². The van der Waals surface area contributed by atoms with E-state index in [1.807, 2.05) is 0 Å². The molecule has 16 heavy (non-hydrogen) atoms. The number of hydrogen-bond acceptors (Lipinski definition) is 2. The lowest BCUT2D eigenvalue weighted by Gasteiger charge is -2.20. The SMILES string of the molecule is CCC1=CC(OC[C@H]2CCCN2)=CC(C)C1.[HH]. The van der Waals surface area contributed by atoms with E-state index in [4.69, 9.17) is 4.74 Å². The van der Waals surface area contributed by atoms with Gasteiger partial charge in [-0.2, -0.15) is 0 Å². The maximum Gasteiger partial charge on any atom is 0.115 e. The molecule has 1 fully saturated rings. The highest BCUT2D eigenvalue weighted by molar-refractivity contribution is 5.24. The van der Waals surface area contributed by atoms with Crippen LogP contribution in [-0.4, -0.2) is 19.2 Å². The second kappa shape index (κ2) is 5.53. The van der Waals surface area contributed by atoms with Gasteiger partial charge in [0.25, 0.3) is 0 Å². The number of nitrogens with one attached hydrogen (secondary N) is 1. The van der Waals surface area contributed by atoms with E-state index in [1.54, 1.807) is 0 Å². The molecule has 1 aliphatic heterocycles. The molecular formula is C14H25NO. The van der Waals surface area contributed by atoms with Crippen LogP contribution in [0.4, 0.5) is 0 Å². The minimum Gasteiger partial charge on any atom is -0.492 e. The summed E-state index contributed by atoms with van der Waals surface area (Å²) in [5.41, 5.74) is 1.52. The fraction of sp³-hybridized carbons (Fsp3) is 0.714. The Kier molecular flexibility index (Phi) is 4.05. The predicted molar refractivity (Wildman–Crippen MR) is 69.3 cm³/mol. The summed E-state index contributed by atoms with van der Waals surface area (Å²) in [4.78, 5) is 0. The summed E-state index contributed by atoms with van der Waals surface area (Å²) in [6.07, 6.45) is 9.38. The molecule has 1 heterocycles. The van der Waals surface area contributed by atoms with Gasteiger partial charge in [-0.25, -0.2) is 0 Å². The molecule has 2 atom stereocenters. The van der Waals surface area contributed by atoms with Crippen LogP contribution < -0.4 is 5.32 Å². The van der Waals surface area contributed by atoms with Crippen LogP contribution in [0.15, 0.2) is 23.5 Å². The van der Waals surface area contributed by atoms with Gasteiger partial charge in [-0.3, -0.25) is 0 Å². The van der Waals surface area contributed by atoms with Crippen LogP contribution in [-0.2, 0) is 4.74 Å². The van der Waals surface area contributed by atoms with Crippen LogP contribution in [0.1, 0.15) is 41.0 Å². The highest BCUT2D eigenvalue weighted by Gasteiger charge is 2.16. The molecule has 0 amide bonds. The fourth-order valence-corrected chi connectivity index (χ4v) is 2.49. The van der Waals surface area contributed by atoms with E-state index in [2.05, 4.69) is 31.3 Å². The van der Waals surface area contributed by atoms with Gasteiger partial charge in [-0.1, -0.05) is 19.4 Å². The first-order valence-electron chi connectivity index (χ1n) is 6.55. The zero-order chi connectivity index (χ0) is 11.4. The summed E-state index contributed by atoms with van der Waals surface area (Å²) >= 11 is 0. The van der Waals surface area contributed by atoms with Crippen molar-refractivity contribution in [1.82, 2.24) is 5.32 Å². The quantitative estimate of drug-likeness (QED) is 0.790.